The van der Waals surface area contributed by atoms with Crippen LogP contribution in [0.1, 0.15) is 12.3 Å². The smallest absolute Gasteiger partial charge is 0.227 e. The van der Waals surface area contributed by atoms with E-state index in [1.807, 2.05) is 25.1 Å². The topological polar surface area (TPSA) is 46.3 Å². The van der Waals surface area contributed by atoms with E-state index < -0.39 is 0 Å². The quantitative estimate of drug-likeness (QED) is 0.784. The molecule has 4 nitrogen and oxygen atoms in total. The highest BCUT2D eigenvalue weighted by Gasteiger charge is 2.30. The number of nitrogens with zero attached hydrogens (tertiary/aromatic N) is 2. The maximum absolute atomic E-state index is 11.9. The van der Waals surface area contributed by atoms with Crippen molar-refractivity contribution in [1.82, 2.24) is 4.98 Å². The second-order valence-corrected chi connectivity index (χ2v) is 4.92. The maximum Gasteiger partial charge on any atom is 0.227 e. The van der Waals surface area contributed by atoms with E-state index in [9.17, 15) is 4.79 Å². The Morgan fingerprint density at radius 1 is 1.56 bits per heavy atom. The summed E-state index contributed by atoms with van der Waals surface area (Å²) in [6.45, 7) is 2.49. The molecular formula is C13H13ClN2O2. The van der Waals surface area contributed by atoms with Crippen LogP contribution in [0.25, 0.3) is 11.1 Å². The summed E-state index contributed by atoms with van der Waals surface area (Å²) in [5.74, 6) is 1.52. The van der Waals surface area contributed by atoms with Gasteiger partial charge in [0.15, 0.2) is 11.5 Å². The van der Waals surface area contributed by atoms with Crippen LogP contribution >= 0.6 is 11.6 Å². The molecule has 1 aliphatic heterocycles. The highest BCUT2D eigenvalue weighted by molar-refractivity contribution is 6.18. The fourth-order valence-corrected chi connectivity index (χ4v) is 2.54. The number of oxazole rings is 1. The number of rotatable bonds is 2. The van der Waals surface area contributed by atoms with Crippen LogP contribution in [0.5, 0.6) is 0 Å². The summed E-state index contributed by atoms with van der Waals surface area (Å²) < 4.78 is 5.42. The summed E-state index contributed by atoms with van der Waals surface area (Å²) in [6, 6.07) is 5.63. The minimum atomic E-state index is 0.125. The number of alkyl halides is 1. The molecule has 0 N–H and O–H groups in total. The predicted octanol–water partition coefficient (Wildman–Crippen LogP) is 2.73. The van der Waals surface area contributed by atoms with Gasteiger partial charge in [0, 0.05) is 31.5 Å². The molecule has 0 radical (unpaired) electrons. The van der Waals surface area contributed by atoms with E-state index in [0.717, 1.165) is 16.8 Å². The molecule has 3 rings (SSSR count). The standard InChI is InChI=1S/C13H13ClN2O2/c1-8-15-11-5-10(2-3-12(11)18-8)16-7-9(6-14)4-13(16)17/h2-3,5,9H,4,6-7H2,1H3. The molecule has 1 amide bonds. The summed E-state index contributed by atoms with van der Waals surface area (Å²) in [5, 5.41) is 0. The first-order chi connectivity index (χ1) is 8.67. The number of carbonyl (C=O) groups is 1. The number of benzene rings is 1. The van der Waals surface area contributed by atoms with Crippen LogP contribution in [-0.4, -0.2) is 23.3 Å². The Balaban J connectivity index is 1.96. The van der Waals surface area contributed by atoms with Crippen molar-refractivity contribution in [2.45, 2.75) is 13.3 Å². The molecule has 1 atom stereocenters. The highest BCUT2D eigenvalue weighted by Crippen LogP contribution is 2.28. The molecule has 0 bridgehead atoms. The average Bonchev–Trinajstić information content (AvgIpc) is 2.89. The molecule has 1 saturated heterocycles. The van der Waals surface area contributed by atoms with Crippen molar-refractivity contribution in [3.63, 3.8) is 0 Å². The highest BCUT2D eigenvalue weighted by atomic mass is 35.5. The monoisotopic (exact) mass is 264 g/mol. The van der Waals surface area contributed by atoms with Crippen LogP contribution in [0, 0.1) is 12.8 Å². The lowest BCUT2D eigenvalue weighted by molar-refractivity contribution is -0.117. The number of amides is 1. The third kappa shape index (κ3) is 1.86. The number of hydrogen-bond donors (Lipinski definition) is 0. The zero-order chi connectivity index (χ0) is 12.7. The lowest BCUT2D eigenvalue weighted by Crippen LogP contribution is -2.24. The van der Waals surface area contributed by atoms with Crippen LogP contribution in [-0.2, 0) is 4.79 Å². The first-order valence-corrected chi connectivity index (χ1v) is 6.44. The Hall–Kier alpha value is -1.55. The molecule has 1 fully saturated rings. The van der Waals surface area contributed by atoms with Gasteiger partial charge in [0.25, 0.3) is 0 Å². The summed E-state index contributed by atoms with van der Waals surface area (Å²) in [5.41, 5.74) is 2.40. The SMILES string of the molecule is Cc1nc2cc(N3CC(CCl)CC3=O)ccc2o1. The van der Waals surface area contributed by atoms with Crippen molar-refractivity contribution < 1.29 is 9.21 Å². The number of aryl methyl sites for hydroxylation is 1. The molecule has 1 aromatic carbocycles. The minimum absolute atomic E-state index is 0.125. The van der Waals surface area contributed by atoms with E-state index in [0.29, 0.717) is 24.7 Å². The number of anilines is 1. The Bertz CT molecular complexity index is 608. The van der Waals surface area contributed by atoms with Gasteiger partial charge in [-0.3, -0.25) is 4.79 Å². The Labute approximate surface area is 110 Å². The molecular weight excluding hydrogens is 252 g/mol. The van der Waals surface area contributed by atoms with E-state index in [4.69, 9.17) is 16.0 Å². The first kappa shape index (κ1) is 11.5. The predicted molar refractivity (Wildman–Crippen MR) is 69.9 cm³/mol. The van der Waals surface area contributed by atoms with E-state index in [-0.39, 0.29) is 11.8 Å². The third-order valence-corrected chi connectivity index (χ3v) is 3.65. The van der Waals surface area contributed by atoms with Gasteiger partial charge in [0.1, 0.15) is 5.52 Å². The van der Waals surface area contributed by atoms with Crippen LogP contribution in [0.4, 0.5) is 5.69 Å². The van der Waals surface area contributed by atoms with Gasteiger partial charge >= 0.3 is 0 Å². The van der Waals surface area contributed by atoms with Gasteiger partial charge < -0.3 is 9.32 Å². The minimum Gasteiger partial charge on any atom is -0.441 e. The zero-order valence-corrected chi connectivity index (χ0v) is 10.8. The normalized spacial score (nSPS) is 20.0. The molecule has 0 aliphatic carbocycles. The number of aromatic nitrogens is 1. The second kappa shape index (κ2) is 4.28. The zero-order valence-electron chi connectivity index (χ0n) is 10.0. The van der Waals surface area contributed by atoms with Gasteiger partial charge in [-0.15, -0.1) is 11.6 Å². The number of fused-ring (bicyclic) bond motifs is 1. The van der Waals surface area contributed by atoms with Gasteiger partial charge in [-0.05, 0) is 24.1 Å². The van der Waals surface area contributed by atoms with E-state index in [2.05, 4.69) is 4.98 Å². The summed E-state index contributed by atoms with van der Waals surface area (Å²) >= 11 is 5.82. The van der Waals surface area contributed by atoms with Crippen LogP contribution < -0.4 is 4.90 Å². The molecule has 18 heavy (non-hydrogen) atoms. The molecule has 0 saturated carbocycles. The van der Waals surface area contributed by atoms with Crippen molar-refractivity contribution in [1.29, 1.82) is 0 Å². The molecule has 1 aromatic heterocycles. The van der Waals surface area contributed by atoms with Gasteiger partial charge in [-0.1, -0.05) is 0 Å². The number of halogens is 1. The largest absolute Gasteiger partial charge is 0.441 e. The molecule has 94 valence electrons. The summed E-state index contributed by atoms with van der Waals surface area (Å²) in [4.78, 5) is 18.0. The van der Waals surface area contributed by atoms with Crippen LogP contribution in [0.15, 0.2) is 22.6 Å². The number of hydrogen-bond acceptors (Lipinski definition) is 3. The third-order valence-electron chi connectivity index (χ3n) is 3.21. The first-order valence-electron chi connectivity index (χ1n) is 5.91. The van der Waals surface area contributed by atoms with E-state index in [1.54, 1.807) is 4.90 Å². The molecule has 2 aromatic rings. The van der Waals surface area contributed by atoms with Crippen molar-refractivity contribution >= 4 is 34.3 Å². The molecule has 5 heteroatoms. The molecule has 2 heterocycles. The van der Waals surface area contributed by atoms with Crippen molar-refractivity contribution in [3.05, 3.63) is 24.1 Å². The maximum atomic E-state index is 11.9. The Morgan fingerprint density at radius 3 is 3.11 bits per heavy atom. The van der Waals surface area contributed by atoms with Crippen molar-refractivity contribution in [3.8, 4) is 0 Å². The van der Waals surface area contributed by atoms with Gasteiger partial charge in [0.2, 0.25) is 5.91 Å². The van der Waals surface area contributed by atoms with Crippen LogP contribution in [0.2, 0.25) is 0 Å². The van der Waals surface area contributed by atoms with Crippen LogP contribution in [0.3, 0.4) is 0 Å². The van der Waals surface area contributed by atoms with Crippen molar-refractivity contribution in [2.24, 2.45) is 5.92 Å². The van der Waals surface area contributed by atoms with Gasteiger partial charge in [0.05, 0.1) is 0 Å². The second-order valence-electron chi connectivity index (χ2n) is 4.61. The molecule has 0 spiro atoms. The Morgan fingerprint density at radius 2 is 2.39 bits per heavy atom. The summed E-state index contributed by atoms with van der Waals surface area (Å²) in [6.07, 6.45) is 0.527. The molecule has 1 unspecified atom stereocenters. The molecule has 1 aliphatic rings. The van der Waals surface area contributed by atoms with Gasteiger partial charge in [-0.2, -0.15) is 0 Å². The van der Waals surface area contributed by atoms with Crippen molar-refractivity contribution in [2.75, 3.05) is 17.3 Å². The lowest BCUT2D eigenvalue weighted by atomic mass is 10.1. The summed E-state index contributed by atoms with van der Waals surface area (Å²) in [7, 11) is 0. The number of carbonyl (C=O) groups excluding carboxylic acids is 1. The fourth-order valence-electron chi connectivity index (χ4n) is 2.33. The van der Waals surface area contributed by atoms with E-state index in [1.165, 1.54) is 0 Å². The van der Waals surface area contributed by atoms with Gasteiger partial charge in [-0.25, -0.2) is 4.98 Å². The van der Waals surface area contributed by atoms with E-state index >= 15 is 0 Å². The Kier molecular flexibility index (Phi) is 2.74. The average molecular weight is 265 g/mol. The fraction of sp³-hybridized carbons (Fsp3) is 0.385. The lowest BCUT2D eigenvalue weighted by Gasteiger charge is -2.16.